The van der Waals surface area contributed by atoms with E-state index in [4.69, 9.17) is 10.3 Å². The van der Waals surface area contributed by atoms with Crippen LogP contribution in [0.2, 0.25) is 0 Å². The molecular weight excluding hydrogens is 238 g/mol. The highest BCUT2D eigenvalue weighted by atomic mass is 32.2. The van der Waals surface area contributed by atoms with Gasteiger partial charge in [-0.05, 0) is 30.9 Å². The fourth-order valence-corrected chi connectivity index (χ4v) is 2.76. The number of amides is 1. The van der Waals surface area contributed by atoms with E-state index in [2.05, 4.69) is 10.3 Å². The van der Waals surface area contributed by atoms with Gasteiger partial charge in [-0.25, -0.2) is 5.84 Å². The first kappa shape index (κ1) is 12.5. The summed E-state index contributed by atoms with van der Waals surface area (Å²) >= 11 is 1.99. The topological polar surface area (TPSA) is 71.5 Å². The molecule has 0 radical (unpaired) electrons. The number of furan rings is 1. The highest BCUT2D eigenvalue weighted by molar-refractivity contribution is 7.99. The summed E-state index contributed by atoms with van der Waals surface area (Å²) in [5.74, 6) is 8.14. The molecule has 1 aliphatic rings. The zero-order valence-corrected chi connectivity index (χ0v) is 10.5. The number of hydrogen-bond acceptors (Lipinski definition) is 5. The van der Waals surface area contributed by atoms with E-state index in [1.165, 1.54) is 12.2 Å². The van der Waals surface area contributed by atoms with Gasteiger partial charge >= 0.3 is 5.91 Å². The summed E-state index contributed by atoms with van der Waals surface area (Å²) in [7, 11) is 0. The quantitative estimate of drug-likeness (QED) is 0.475. The van der Waals surface area contributed by atoms with Gasteiger partial charge in [-0.1, -0.05) is 0 Å². The second-order valence-electron chi connectivity index (χ2n) is 3.98. The van der Waals surface area contributed by atoms with E-state index in [1.807, 2.05) is 17.8 Å². The van der Waals surface area contributed by atoms with Gasteiger partial charge in [0.2, 0.25) is 0 Å². The van der Waals surface area contributed by atoms with E-state index in [-0.39, 0.29) is 11.7 Å². The monoisotopic (exact) mass is 255 g/mol. The van der Waals surface area contributed by atoms with Gasteiger partial charge in [0.1, 0.15) is 5.76 Å². The predicted octanol–water partition coefficient (Wildman–Crippen LogP) is 0.822. The molecule has 2 heterocycles. The lowest BCUT2D eigenvalue weighted by molar-refractivity contribution is 0.0922. The standard InChI is InChI=1S/C11H17N3O2S/c12-13-11(15)10-3-2-9(16-10)8-14-4-1-6-17-7-5-14/h2-3H,1,4-8,12H2,(H,13,15). The van der Waals surface area contributed by atoms with Crippen molar-refractivity contribution in [3.63, 3.8) is 0 Å². The SMILES string of the molecule is NNC(=O)c1ccc(CN2CCCSCC2)o1. The summed E-state index contributed by atoms with van der Waals surface area (Å²) in [4.78, 5) is 13.6. The molecule has 1 aromatic heterocycles. The molecule has 1 amide bonds. The molecule has 0 atom stereocenters. The van der Waals surface area contributed by atoms with Crippen LogP contribution in [0.4, 0.5) is 0 Å². The Labute approximate surface area is 105 Å². The van der Waals surface area contributed by atoms with Gasteiger partial charge in [0.05, 0.1) is 6.54 Å². The van der Waals surface area contributed by atoms with E-state index in [9.17, 15) is 4.79 Å². The lowest BCUT2D eigenvalue weighted by atomic mass is 10.3. The van der Waals surface area contributed by atoms with Gasteiger partial charge in [0.15, 0.2) is 5.76 Å². The molecule has 2 rings (SSSR count). The molecule has 0 spiro atoms. The fraction of sp³-hybridized carbons (Fsp3) is 0.545. The molecule has 94 valence electrons. The number of nitrogens with zero attached hydrogens (tertiary/aromatic N) is 1. The van der Waals surface area contributed by atoms with Crippen molar-refractivity contribution in [2.45, 2.75) is 13.0 Å². The minimum atomic E-state index is -0.386. The largest absolute Gasteiger partial charge is 0.455 e. The van der Waals surface area contributed by atoms with Crippen LogP contribution in [0.1, 0.15) is 22.7 Å². The normalized spacial score (nSPS) is 17.7. The van der Waals surface area contributed by atoms with Gasteiger partial charge < -0.3 is 4.42 Å². The highest BCUT2D eigenvalue weighted by Crippen LogP contribution is 2.15. The zero-order valence-electron chi connectivity index (χ0n) is 9.65. The maximum atomic E-state index is 11.2. The van der Waals surface area contributed by atoms with Crippen molar-refractivity contribution in [1.29, 1.82) is 0 Å². The molecule has 0 unspecified atom stereocenters. The first-order valence-corrected chi connectivity index (χ1v) is 6.85. The number of nitrogen functional groups attached to an aromatic ring is 1. The summed E-state index contributed by atoms with van der Waals surface area (Å²) < 4.78 is 5.44. The second-order valence-corrected chi connectivity index (χ2v) is 5.21. The summed E-state index contributed by atoms with van der Waals surface area (Å²) in [6.45, 7) is 2.92. The Balaban J connectivity index is 1.93. The van der Waals surface area contributed by atoms with E-state index < -0.39 is 0 Å². The Bertz CT molecular complexity index is 373. The van der Waals surface area contributed by atoms with Crippen LogP contribution in [-0.4, -0.2) is 35.4 Å². The Kier molecular flexibility index (Phi) is 4.47. The van der Waals surface area contributed by atoms with Crippen molar-refractivity contribution in [3.05, 3.63) is 23.7 Å². The van der Waals surface area contributed by atoms with Crippen LogP contribution < -0.4 is 11.3 Å². The first-order valence-electron chi connectivity index (χ1n) is 5.69. The lowest BCUT2D eigenvalue weighted by Gasteiger charge is -2.17. The van der Waals surface area contributed by atoms with Gasteiger partial charge in [-0.3, -0.25) is 15.1 Å². The van der Waals surface area contributed by atoms with Crippen LogP contribution in [0.5, 0.6) is 0 Å². The van der Waals surface area contributed by atoms with E-state index in [0.717, 1.165) is 31.1 Å². The lowest BCUT2D eigenvalue weighted by Crippen LogP contribution is -2.29. The van der Waals surface area contributed by atoms with E-state index in [1.54, 1.807) is 6.07 Å². The molecule has 6 heteroatoms. The van der Waals surface area contributed by atoms with Crippen molar-refractivity contribution in [1.82, 2.24) is 10.3 Å². The molecule has 1 saturated heterocycles. The third-order valence-electron chi connectivity index (χ3n) is 2.71. The number of carbonyl (C=O) groups excluding carboxylic acids is 1. The van der Waals surface area contributed by atoms with Crippen molar-refractivity contribution >= 4 is 17.7 Å². The molecule has 1 aliphatic heterocycles. The fourth-order valence-electron chi connectivity index (χ4n) is 1.83. The van der Waals surface area contributed by atoms with Crippen LogP contribution in [0, 0.1) is 0 Å². The van der Waals surface area contributed by atoms with E-state index in [0.29, 0.717) is 0 Å². The van der Waals surface area contributed by atoms with Crippen molar-refractivity contribution in [2.75, 3.05) is 24.6 Å². The molecule has 0 bridgehead atoms. The van der Waals surface area contributed by atoms with Gasteiger partial charge in [0.25, 0.3) is 0 Å². The number of hydrazine groups is 1. The molecule has 0 aliphatic carbocycles. The molecule has 3 N–H and O–H groups in total. The predicted molar refractivity (Wildman–Crippen MR) is 67.6 cm³/mol. The third kappa shape index (κ3) is 3.49. The van der Waals surface area contributed by atoms with Gasteiger partial charge in [-0.2, -0.15) is 11.8 Å². The molecular formula is C11H17N3O2S. The minimum Gasteiger partial charge on any atom is -0.455 e. The minimum absolute atomic E-state index is 0.270. The molecule has 1 fully saturated rings. The van der Waals surface area contributed by atoms with Crippen LogP contribution in [0.25, 0.3) is 0 Å². The maximum Gasteiger partial charge on any atom is 0.300 e. The Hall–Kier alpha value is -0.980. The van der Waals surface area contributed by atoms with Crippen molar-refractivity contribution in [2.24, 2.45) is 5.84 Å². The first-order chi connectivity index (χ1) is 8.29. The van der Waals surface area contributed by atoms with Gasteiger partial charge in [0, 0.05) is 12.3 Å². The molecule has 0 aromatic carbocycles. The van der Waals surface area contributed by atoms with Crippen molar-refractivity contribution < 1.29 is 9.21 Å². The number of nitrogens with one attached hydrogen (secondary N) is 1. The Morgan fingerprint density at radius 2 is 2.35 bits per heavy atom. The number of rotatable bonds is 3. The van der Waals surface area contributed by atoms with Crippen LogP contribution in [0.15, 0.2) is 16.5 Å². The summed E-state index contributed by atoms with van der Waals surface area (Å²) in [5, 5.41) is 0. The maximum absolute atomic E-state index is 11.2. The highest BCUT2D eigenvalue weighted by Gasteiger charge is 2.14. The van der Waals surface area contributed by atoms with Crippen LogP contribution in [-0.2, 0) is 6.54 Å². The average Bonchev–Trinajstić information content (AvgIpc) is 2.65. The second kappa shape index (κ2) is 6.09. The number of hydrogen-bond donors (Lipinski definition) is 2. The number of nitrogens with two attached hydrogens (primary N) is 1. The molecule has 1 aromatic rings. The Morgan fingerprint density at radius 3 is 3.18 bits per heavy atom. The molecule has 17 heavy (non-hydrogen) atoms. The number of carbonyl (C=O) groups is 1. The zero-order chi connectivity index (χ0) is 12.1. The molecule has 5 nitrogen and oxygen atoms in total. The Morgan fingerprint density at radius 1 is 1.47 bits per heavy atom. The average molecular weight is 255 g/mol. The summed E-state index contributed by atoms with van der Waals surface area (Å²) in [5.41, 5.74) is 2.06. The van der Waals surface area contributed by atoms with Crippen LogP contribution in [0.3, 0.4) is 0 Å². The van der Waals surface area contributed by atoms with Gasteiger partial charge in [-0.15, -0.1) is 0 Å². The molecule has 0 saturated carbocycles. The third-order valence-corrected chi connectivity index (χ3v) is 3.76. The summed E-state index contributed by atoms with van der Waals surface area (Å²) in [6.07, 6.45) is 1.21. The summed E-state index contributed by atoms with van der Waals surface area (Å²) in [6, 6.07) is 3.49. The van der Waals surface area contributed by atoms with Crippen LogP contribution >= 0.6 is 11.8 Å². The smallest absolute Gasteiger partial charge is 0.300 e. The number of thioether (sulfide) groups is 1. The van der Waals surface area contributed by atoms with E-state index >= 15 is 0 Å². The van der Waals surface area contributed by atoms with Crippen molar-refractivity contribution in [3.8, 4) is 0 Å².